The first-order chi connectivity index (χ1) is 3.46. The molecule has 0 heterocycles. The summed E-state index contributed by atoms with van der Waals surface area (Å²) in [6, 6.07) is 0. The Morgan fingerprint density at radius 2 is 0.615 bits per heavy atom. The van der Waals surface area contributed by atoms with Gasteiger partial charge < -0.3 is 41.0 Å². The fourth-order valence-corrected chi connectivity index (χ4v) is 0. The molecule has 0 aliphatic carbocycles. The maximum atomic E-state index is 8.33. The van der Waals surface area contributed by atoms with Crippen LogP contribution in [0.4, 0.5) is 9.59 Å². The molecule has 0 aromatic heterocycles. The molecule has 0 rings (SSSR count). The number of hydrogen-bond donors (Lipinski definition) is 0. The van der Waals surface area contributed by atoms with Crippen LogP contribution in [-0.2, 0) is 51.2 Å². The van der Waals surface area contributed by atoms with E-state index in [1.807, 2.05) is 0 Å². The molecule has 0 aliphatic rings. The van der Waals surface area contributed by atoms with E-state index in [0.29, 0.717) is 0 Å². The summed E-state index contributed by atoms with van der Waals surface area (Å²) in [5.41, 5.74) is 0. The maximum absolute atomic E-state index is 8.33. The molecule has 0 bridgehead atoms. The van der Waals surface area contributed by atoms with E-state index in [9.17, 15) is 0 Å². The van der Waals surface area contributed by atoms with Crippen LogP contribution in [0.2, 0.25) is 0 Å². The quantitative estimate of drug-likeness (QED) is 0.389. The van der Waals surface area contributed by atoms with E-state index < -0.39 is 12.3 Å². The zero-order valence-corrected chi connectivity index (χ0v) is 8.07. The van der Waals surface area contributed by atoms with Crippen LogP contribution in [-0.4, -0.2) is 23.3 Å². The van der Waals surface area contributed by atoms with Gasteiger partial charge in [-0.05, 0) is 12.3 Å². The summed E-state index contributed by atoms with van der Waals surface area (Å²) in [5, 5.41) is 33.3. The average molecular weight is 345 g/mol. The molecule has 0 aromatic carbocycles. The van der Waals surface area contributed by atoms with Crippen molar-refractivity contribution >= 4 is 12.3 Å². The number of carboxylic acid groups (broad SMARTS) is 4. The van der Waals surface area contributed by atoms with Gasteiger partial charge in [0.05, 0.1) is 0 Å². The second-order valence-corrected chi connectivity index (χ2v) is 0.500. The van der Waals surface area contributed by atoms with Gasteiger partial charge in [-0.15, -0.1) is 0 Å². The van der Waals surface area contributed by atoms with E-state index in [1.165, 1.54) is 0 Å². The minimum atomic E-state index is -2.33. The van der Waals surface area contributed by atoms with Gasteiger partial charge >= 0.3 is 51.2 Å². The molecule has 91 valence electrons. The Balaban J connectivity index is -0.00000000800. The maximum Gasteiger partial charge on any atom is 2.00 e. The monoisotopic (exact) mass is 343 g/mol. The van der Waals surface area contributed by atoms with Gasteiger partial charge in [-0.25, -0.2) is 0 Å². The molecule has 0 saturated heterocycles. The Hall–Kier alpha value is 0.0184. The van der Waals surface area contributed by atoms with Crippen molar-refractivity contribution in [3.8, 4) is 0 Å². The minimum Gasteiger partial charge on any atom is -0.870 e. The second-order valence-electron chi connectivity index (χ2n) is 0.500. The Morgan fingerprint density at radius 3 is 0.615 bits per heavy atom. The first kappa shape index (κ1) is 51.9. The fourth-order valence-electron chi connectivity index (χ4n) is 0. The van der Waals surface area contributed by atoms with Crippen LogP contribution < -0.4 is 20.4 Å². The molecule has 0 spiro atoms. The Labute approximate surface area is 104 Å². The molecular weight excluding hydrogens is 343 g/mol. The largest absolute Gasteiger partial charge is 2.00 e. The van der Waals surface area contributed by atoms with Crippen LogP contribution in [0.3, 0.4) is 0 Å². The average Bonchev–Trinajstić information content (AvgIpc) is 1.25. The van der Waals surface area contributed by atoms with Gasteiger partial charge in [0.25, 0.3) is 0 Å². The first-order valence-corrected chi connectivity index (χ1v) is 1.22. The number of carbonyl (C=O) groups excluding carboxylic acids is 2. The summed E-state index contributed by atoms with van der Waals surface area (Å²) < 4.78 is 0. The number of rotatable bonds is 0. The number of hydrogen-bond acceptors (Lipinski definition) is 8. The van der Waals surface area contributed by atoms with Gasteiger partial charge in [0.1, 0.15) is 0 Å². The SMILES string of the molecule is O=C([O-])[O-].O=C([O-])[O-].[Cu+2].[Cu+2].[Cu+2].[OH-].[OH-]. The Kier molecular flexibility index (Phi) is 161. The predicted molar refractivity (Wildman–Crippen MR) is 14.7 cm³/mol. The number of carbonyl (C=O) groups is 2. The molecule has 0 atom stereocenters. The summed E-state index contributed by atoms with van der Waals surface area (Å²) in [5.74, 6) is 0. The standard InChI is InChI=1S/2CH2O3.3Cu.2H2O/c2*2-1(3)4;;;;;/h2*(H2,2,3,4);;;;2*1H2/q;;3*+2;;/p-6. The van der Waals surface area contributed by atoms with Crippen molar-refractivity contribution in [2.45, 2.75) is 0 Å². The van der Waals surface area contributed by atoms with Crippen LogP contribution in [0, 0.1) is 0 Å². The van der Waals surface area contributed by atoms with Crippen molar-refractivity contribution in [3.63, 3.8) is 0 Å². The van der Waals surface area contributed by atoms with E-state index in [1.54, 1.807) is 0 Å². The van der Waals surface area contributed by atoms with Crippen molar-refractivity contribution in [1.82, 2.24) is 0 Å². The van der Waals surface area contributed by atoms with Crippen LogP contribution in [0.25, 0.3) is 0 Å². The molecular formula is C2H2Cu3O8. The zero-order chi connectivity index (χ0) is 7.15. The van der Waals surface area contributed by atoms with Gasteiger partial charge in [-0.2, -0.15) is 0 Å². The summed E-state index contributed by atoms with van der Waals surface area (Å²) >= 11 is 0. The second kappa shape index (κ2) is 40.3. The molecule has 3 radical (unpaired) electrons. The van der Waals surface area contributed by atoms with E-state index in [-0.39, 0.29) is 62.2 Å². The van der Waals surface area contributed by atoms with Crippen molar-refractivity contribution in [2.75, 3.05) is 0 Å². The summed E-state index contributed by atoms with van der Waals surface area (Å²) in [6.07, 6.45) is -4.67. The van der Waals surface area contributed by atoms with E-state index in [0.717, 1.165) is 0 Å². The van der Waals surface area contributed by atoms with E-state index in [4.69, 9.17) is 30.0 Å². The molecule has 13 heavy (non-hydrogen) atoms. The molecule has 0 aliphatic heterocycles. The minimum absolute atomic E-state index is 0. The fraction of sp³-hybridized carbons (Fsp3) is 0. The van der Waals surface area contributed by atoms with Crippen LogP contribution >= 0.6 is 0 Å². The molecule has 2 N–H and O–H groups in total. The third kappa shape index (κ3) is 3550000. The van der Waals surface area contributed by atoms with Crippen molar-refractivity contribution < 1.29 is 92.2 Å². The van der Waals surface area contributed by atoms with Gasteiger partial charge in [-0.1, -0.05) is 0 Å². The van der Waals surface area contributed by atoms with Crippen molar-refractivity contribution in [2.24, 2.45) is 0 Å². The van der Waals surface area contributed by atoms with Crippen LogP contribution in [0.5, 0.6) is 0 Å². The molecule has 8 nitrogen and oxygen atoms in total. The molecule has 0 aromatic rings. The predicted octanol–water partition coefficient (Wildman–Crippen LogP) is -5.26. The topological polar surface area (TPSA) is 186 Å². The normalized spacial score (nSPS) is 3.69. The van der Waals surface area contributed by atoms with E-state index in [2.05, 4.69) is 0 Å². The van der Waals surface area contributed by atoms with Crippen LogP contribution in [0.15, 0.2) is 0 Å². The third-order valence-corrected chi connectivity index (χ3v) is 0. The van der Waals surface area contributed by atoms with Gasteiger partial charge in [-0.3, -0.25) is 0 Å². The molecule has 0 saturated carbocycles. The van der Waals surface area contributed by atoms with Crippen molar-refractivity contribution in [1.29, 1.82) is 0 Å². The van der Waals surface area contributed by atoms with Crippen molar-refractivity contribution in [3.05, 3.63) is 0 Å². The molecule has 0 unspecified atom stereocenters. The first-order valence-electron chi connectivity index (χ1n) is 1.22. The molecule has 11 heteroatoms. The van der Waals surface area contributed by atoms with Gasteiger partial charge in [0.2, 0.25) is 0 Å². The summed E-state index contributed by atoms with van der Waals surface area (Å²) in [7, 11) is 0. The smallest absolute Gasteiger partial charge is 0.870 e. The third-order valence-electron chi connectivity index (χ3n) is 0. The zero-order valence-electron chi connectivity index (χ0n) is 5.25. The summed E-state index contributed by atoms with van der Waals surface area (Å²) in [4.78, 5) is 16.7. The summed E-state index contributed by atoms with van der Waals surface area (Å²) in [6.45, 7) is 0. The van der Waals surface area contributed by atoms with Gasteiger partial charge in [0, 0.05) is 0 Å². The van der Waals surface area contributed by atoms with Crippen LogP contribution in [0.1, 0.15) is 0 Å². The Morgan fingerprint density at radius 1 is 0.615 bits per heavy atom. The molecule has 0 fully saturated rings. The molecule has 0 amide bonds. The Bertz CT molecular complexity index is 75.4. The van der Waals surface area contributed by atoms with E-state index >= 15 is 0 Å². The van der Waals surface area contributed by atoms with Gasteiger partial charge in [0.15, 0.2) is 0 Å².